The molecule has 0 aromatic heterocycles. The van der Waals surface area contributed by atoms with Crippen LogP contribution in [0.2, 0.25) is 0 Å². The lowest BCUT2D eigenvalue weighted by molar-refractivity contribution is -0.126. The van der Waals surface area contributed by atoms with Gasteiger partial charge >= 0.3 is 15.9 Å². The number of rotatable bonds is 7. The van der Waals surface area contributed by atoms with Gasteiger partial charge in [0, 0.05) is 29.7 Å². The van der Waals surface area contributed by atoms with Crippen LogP contribution >= 0.6 is 0 Å². The first-order valence-corrected chi connectivity index (χ1v) is 16.0. The number of halogens is 4. The van der Waals surface area contributed by atoms with Crippen molar-refractivity contribution in [3.63, 3.8) is 0 Å². The van der Waals surface area contributed by atoms with Gasteiger partial charge in [0.1, 0.15) is 22.6 Å². The van der Waals surface area contributed by atoms with E-state index < -0.39 is 55.2 Å². The van der Waals surface area contributed by atoms with Gasteiger partial charge in [-0.05, 0) is 74.7 Å². The second-order valence-electron chi connectivity index (χ2n) is 11.8. The zero-order valence-electron chi connectivity index (χ0n) is 24.0. The maximum absolute atomic E-state index is 16.0. The van der Waals surface area contributed by atoms with Crippen molar-refractivity contribution >= 4 is 27.5 Å². The molecule has 2 N–H and O–H groups in total. The quantitative estimate of drug-likeness (QED) is 0.266. The van der Waals surface area contributed by atoms with Crippen LogP contribution < -0.4 is 14.5 Å². The standard InChI is InChI=1S/C32H31F4N3O4S/c1-19(40)39(44(42,43)23-10-8-22(33)9-11-23)28-17-27(34)25(31(41)38-18-21-4-2-3-5-24(21)30(35)36)16-26(28)32(12-14-37-15-13-32)29(39)20-6-7-20/h2-5,8-11,16-17,20,29-30,37H,6-7,12-15,18H2,1H3/p+1. The third-order valence-corrected chi connectivity index (χ3v) is 11.7. The fourth-order valence-corrected chi connectivity index (χ4v) is 9.66. The number of benzene rings is 3. The van der Waals surface area contributed by atoms with E-state index in [1.54, 1.807) is 6.07 Å². The monoisotopic (exact) mass is 630 g/mol. The smallest absolute Gasteiger partial charge is 0.339 e. The zero-order chi connectivity index (χ0) is 31.4. The fraction of sp³-hybridized carbons (Fsp3) is 0.375. The molecule has 2 fully saturated rings. The fourth-order valence-electron chi connectivity index (χ4n) is 7.43. The number of amides is 2. The molecule has 2 heterocycles. The van der Waals surface area contributed by atoms with E-state index in [4.69, 9.17) is 0 Å². The van der Waals surface area contributed by atoms with Crippen molar-refractivity contribution < 1.29 is 35.6 Å². The number of sulfonamides is 1. The van der Waals surface area contributed by atoms with Crippen LogP contribution in [-0.2, 0) is 26.8 Å². The maximum Gasteiger partial charge on any atom is 0.339 e. The number of quaternary nitrogens is 1. The third kappa shape index (κ3) is 4.57. The number of carbonyl (C=O) groups excluding carboxylic acids is 2. The molecule has 1 saturated carbocycles. The number of fused-ring (bicyclic) bond motifs is 2. The molecular formula is C32H32F4N3O4S+. The van der Waals surface area contributed by atoms with E-state index in [9.17, 15) is 31.2 Å². The van der Waals surface area contributed by atoms with Gasteiger partial charge in [0.05, 0.1) is 17.9 Å². The Morgan fingerprint density at radius 3 is 2.30 bits per heavy atom. The number of carbonyl (C=O) groups is 2. The van der Waals surface area contributed by atoms with Crippen molar-refractivity contribution in [2.24, 2.45) is 5.92 Å². The van der Waals surface area contributed by atoms with Gasteiger partial charge in [-0.15, -0.1) is 3.89 Å². The molecule has 0 radical (unpaired) electrons. The molecule has 3 aromatic rings. The van der Waals surface area contributed by atoms with E-state index in [2.05, 4.69) is 10.6 Å². The van der Waals surface area contributed by atoms with E-state index >= 15 is 4.39 Å². The highest BCUT2D eigenvalue weighted by Gasteiger charge is 2.73. The number of hydrogen-bond acceptors (Lipinski definition) is 5. The zero-order valence-corrected chi connectivity index (χ0v) is 24.8. The van der Waals surface area contributed by atoms with Crippen LogP contribution in [0.1, 0.15) is 66.1 Å². The largest absolute Gasteiger partial charge is 0.348 e. The number of piperidine rings is 1. The lowest BCUT2D eigenvalue weighted by Crippen LogP contribution is -2.67. The van der Waals surface area contributed by atoms with Crippen molar-refractivity contribution in [2.75, 3.05) is 13.1 Å². The second kappa shape index (κ2) is 11.1. The number of nitrogens with one attached hydrogen (secondary N) is 2. The summed E-state index contributed by atoms with van der Waals surface area (Å²) in [5.41, 5.74) is -0.954. The van der Waals surface area contributed by atoms with E-state index in [0.717, 1.165) is 30.3 Å². The Morgan fingerprint density at radius 2 is 1.68 bits per heavy atom. The Labute approximate surface area is 252 Å². The van der Waals surface area contributed by atoms with E-state index in [1.165, 1.54) is 31.2 Å². The van der Waals surface area contributed by atoms with Crippen LogP contribution in [0.15, 0.2) is 65.6 Å². The summed E-state index contributed by atoms with van der Waals surface area (Å²) >= 11 is 0. The molecule has 1 aliphatic carbocycles. The van der Waals surface area contributed by atoms with E-state index in [1.807, 2.05) is 0 Å². The SMILES string of the molecule is CC(=O)[N+]1(S(=O)(=O)c2ccc(F)cc2)c2cc(F)c(C(=O)NCc3ccccc3C(F)F)cc2C2(CCNCC2)C1C1CC1. The van der Waals surface area contributed by atoms with Gasteiger partial charge in [-0.25, -0.2) is 22.4 Å². The predicted molar refractivity (Wildman–Crippen MR) is 155 cm³/mol. The van der Waals surface area contributed by atoms with Gasteiger partial charge < -0.3 is 10.6 Å². The third-order valence-electron chi connectivity index (χ3n) is 9.43. The molecule has 6 rings (SSSR count). The van der Waals surface area contributed by atoms with E-state index in [-0.39, 0.29) is 39.7 Å². The van der Waals surface area contributed by atoms with Crippen LogP contribution in [0.4, 0.5) is 23.2 Å². The minimum absolute atomic E-state index is 0.0438. The Balaban J connectivity index is 1.52. The first-order valence-electron chi connectivity index (χ1n) is 14.6. The van der Waals surface area contributed by atoms with Gasteiger partial charge in [0.25, 0.3) is 12.3 Å². The molecule has 1 spiro atoms. The van der Waals surface area contributed by atoms with Gasteiger partial charge in [0.2, 0.25) is 0 Å². The van der Waals surface area contributed by atoms with Crippen molar-refractivity contribution in [2.45, 2.75) is 61.9 Å². The summed E-state index contributed by atoms with van der Waals surface area (Å²) < 4.78 is 85.1. The lowest BCUT2D eigenvalue weighted by Gasteiger charge is -2.43. The highest BCUT2D eigenvalue weighted by molar-refractivity contribution is 7.91. The first kappa shape index (κ1) is 30.4. The van der Waals surface area contributed by atoms with Crippen LogP contribution in [0, 0.1) is 17.6 Å². The lowest BCUT2D eigenvalue weighted by atomic mass is 9.68. The van der Waals surface area contributed by atoms with Gasteiger partial charge in [-0.3, -0.25) is 4.79 Å². The van der Waals surface area contributed by atoms with Crippen LogP contribution in [0.5, 0.6) is 0 Å². The summed E-state index contributed by atoms with van der Waals surface area (Å²) in [6.07, 6.45) is -0.512. The minimum Gasteiger partial charge on any atom is -0.348 e. The van der Waals surface area contributed by atoms with Crippen molar-refractivity contribution in [1.82, 2.24) is 14.5 Å². The minimum atomic E-state index is -4.61. The van der Waals surface area contributed by atoms with Crippen molar-refractivity contribution in [1.29, 1.82) is 0 Å². The summed E-state index contributed by atoms with van der Waals surface area (Å²) in [6, 6.07) is 11.5. The molecular weight excluding hydrogens is 598 g/mol. The molecule has 2 atom stereocenters. The summed E-state index contributed by atoms with van der Waals surface area (Å²) in [6.45, 7) is 1.93. The Hall–Kier alpha value is -3.61. The molecule has 2 aliphatic heterocycles. The van der Waals surface area contributed by atoms with Gasteiger partial charge in [-0.1, -0.05) is 24.3 Å². The van der Waals surface area contributed by atoms with Crippen LogP contribution in [-0.4, -0.2) is 39.4 Å². The van der Waals surface area contributed by atoms with Crippen molar-refractivity contribution in [3.8, 4) is 0 Å². The molecule has 0 bridgehead atoms. The molecule has 3 aliphatic rings. The van der Waals surface area contributed by atoms with Crippen molar-refractivity contribution in [3.05, 3.63) is 94.6 Å². The predicted octanol–water partition coefficient (Wildman–Crippen LogP) is 5.49. The molecule has 2 amide bonds. The van der Waals surface area contributed by atoms with Crippen LogP contribution in [0.3, 0.4) is 0 Å². The molecule has 1 saturated heterocycles. The second-order valence-corrected chi connectivity index (χ2v) is 13.8. The topological polar surface area (TPSA) is 92.3 Å². The normalized spacial score (nSPS) is 22.6. The van der Waals surface area contributed by atoms with Crippen LogP contribution in [0.25, 0.3) is 0 Å². The average molecular weight is 631 g/mol. The average Bonchev–Trinajstić information content (AvgIpc) is 3.80. The summed E-state index contributed by atoms with van der Waals surface area (Å²) in [5, 5.41) is 5.82. The molecule has 44 heavy (non-hydrogen) atoms. The molecule has 2 unspecified atom stereocenters. The Morgan fingerprint density at radius 1 is 1.02 bits per heavy atom. The first-order chi connectivity index (χ1) is 20.9. The maximum atomic E-state index is 16.0. The Bertz CT molecular complexity index is 1740. The Kier molecular flexibility index (Phi) is 7.66. The summed E-state index contributed by atoms with van der Waals surface area (Å²) in [5.74, 6) is -3.42. The molecule has 232 valence electrons. The number of alkyl halides is 2. The summed E-state index contributed by atoms with van der Waals surface area (Å²) in [7, 11) is -4.61. The van der Waals surface area contributed by atoms with Gasteiger partial charge in [0.15, 0.2) is 5.69 Å². The molecule has 7 nitrogen and oxygen atoms in total. The van der Waals surface area contributed by atoms with E-state index in [0.29, 0.717) is 44.3 Å². The number of hydrogen-bond donors (Lipinski definition) is 2. The number of nitrogens with zero attached hydrogens (tertiary/aromatic N) is 1. The molecule has 3 aromatic carbocycles. The molecule has 12 heteroatoms. The highest BCUT2D eigenvalue weighted by atomic mass is 32.2. The summed E-state index contributed by atoms with van der Waals surface area (Å²) in [4.78, 5) is 27.0. The van der Waals surface area contributed by atoms with Gasteiger partial charge in [-0.2, -0.15) is 8.42 Å². The highest BCUT2D eigenvalue weighted by Crippen LogP contribution is 2.62.